The number of amides is 1. The third-order valence-corrected chi connectivity index (χ3v) is 8.26. The van der Waals surface area contributed by atoms with E-state index in [1.165, 1.54) is 16.4 Å². The van der Waals surface area contributed by atoms with Gasteiger partial charge in [-0.3, -0.25) is 4.79 Å². The van der Waals surface area contributed by atoms with Crippen LogP contribution in [0.25, 0.3) is 0 Å². The van der Waals surface area contributed by atoms with E-state index < -0.39 is 25.8 Å². The maximum absolute atomic E-state index is 12.4. The Balaban J connectivity index is 1.54. The van der Waals surface area contributed by atoms with E-state index in [9.17, 15) is 21.6 Å². The van der Waals surface area contributed by atoms with Gasteiger partial charge < -0.3 is 10.1 Å². The van der Waals surface area contributed by atoms with Crippen LogP contribution in [0.15, 0.2) is 59.5 Å². The summed E-state index contributed by atoms with van der Waals surface area (Å²) in [7, 11) is -6.91. The highest BCUT2D eigenvalue weighted by Gasteiger charge is 2.24. The summed E-state index contributed by atoms with van der Waals surface area (Å²) in [6, 6.07) is 14.4. The molecule has 0 unspecified atom stereocenters. The Morgan fingerprint density at radius 3 is 2.20 bits per heavy atom. The average molecular weight is 453 g/mol. The zero-order chi connectivity index (χ0) is 21.6. The van der Waals surface area contributed by atoms with Crippen LogP contribution < -0.4 is 5.32 Å². The van der Waals surface area contributed by atoms with Crippen LogP contribution in [-0.2, 0) is 30.4 Å². The third kappa shape index (κ3) is 5.88. The quantitative estimate of drug-likeness (QED) is 0.641. The minimum atomic E-state index is -3.47. The summed E-state index contributed by atoms with van der Waals surface area (Å²) in [6.45, 7) is 1.38. The lowest BCUT2D eigenvalue weighted by Crippen LogP contribution is -2.43. The number of nitrogens with zero attached hydrogens (tertiary/aromatic N) is 1. The normalized spacial score (nSPS) is 15.6. The molecule has 8 nitrogen and oxygen atoms in total. The first kappa shape index (κ1) is 22.4. The van der Waals surface area contributed by atoms with Crippen LogP contribution in [-0.4, -0.2) is 65.6 Å². The largest absolute Gasteiger partial charge is 0.379 e. The molecule has 30 heavy (non-hydrogen) atoms. The van der Waals surface area contributed by atoms with Crippen molar-refractivity contribution in [3.63, 3.8) is 0 Å². The van der Waals surface area contributed by atoms with Crippen LogP contribution in [0.4, 0.5) is 0 Å². The SMILES string of the molecule is O=C(NCCS(=O)(=O)N1CCOCC1)c1ccc(CS(=O)(=O)c2ccccc2)cc1. The van der Waals surface area contributed by atoms with Crippen LogP contribution in [0.5, 0.6) is 0 Å². The second-order valence-electron chi connectivity index (χ2n) is 6.85. The van der Waals surface area contributed by atoms with Gasteiger partial charge in [0.2, 0.25) is 10.0 Å². The van der Waals surface area contributed by atoms with E-state index >= 15 is 0 Å². The second kappa shape index (κ2) is 9.69. The molecule has 0 radical (unpaired) electrons. The standard InChI is InChI=1S/C20H24N2O6S2/c23-20(21-10-15-30(26,27)22-11-13-28-14-12-22)18-8-6-17(7-9-18)16-29(24,25)19-4-2-1-3-5-19/h1-9H,10-16H2,(H,21,23). The molecule has 1 N–H and O–H groups in total. The van der Waals surface area contributed by atoms with Crippen molar-refractivity contribution in [2.75, 3.05) is 38.6 Å². The highest BCUT2D eigenvalue weighted by atomic mass is 32.2. The van der Waals surface area contributed by atoms with Gasteiger partial charge >= 0.3 is 0 Å². The van der Waals surface area contributed by atoms with Gasteiger partial charge in [-0.2, -0.15) is 4.31 Å². The predicted molar refractivity (Wildman–Crippen MR) is 112 cm³/mol. The monoisotopic (exact) mass is 452 g/mol. The fourth-order valence-corrected chi connectivity index (χ4v) is 5.73. The molecule has 1 saturated heterocycles. The van der Waals surface area contributed by atoms with Gasteiger partial charge in [0.15, 0.2) is 9.84 Å². The van der Waals surface area contributed by atoms with Crippen LogP contribution in [0.2, 0.25) is 0 Å². The van der Waals surface area contributed by atoms with E-state index in [0.717, 1.165) is 0 Å². The van der Waals surface area contributed by atoms with E-state index in [2.05, 4.69) is 5.32 Å². The Morgan fingerprint density at radius 2 is 1.57 bits per heavy atom. The number of hydrogen-bond acceptors (Lipinski definition) is 6. The maximum atomic E-state index is 12.4. The van der Waals surface area contributed by atoms with Gasteiger partial charge in [-0.1, -0.05) is 30.3 Å². The zero-order valence-electron chi connectivity index (χ0n) is 16.4. The van der Waals surface area contributed by atoms with Crippen molar-refractivity contribution >= 4 is 25.8 Å². The minimum Gasteiger partial charge on any atom is -0.379 e. The summed E-state index contributed by atoms with van der Waals surface area (Å²) >= 11 is 0. The molecule has 2 aromatic carbocycles. The minimum absolute atomic E-state index is 0.0112. The van der Waals surface area contributed by atoms with Gasteiger partial charge in [0.25, 0.3) is 5.91 Å². The van der Waals surface area contributed by atoms with Gasteiger partial charge in [0.1, 0.15) is 0 Å². The first-order valence-corrected chi connectivity index (χ1v) is 12.7. The number of sulfonamides is 1. The van der Waals surface area contributed by atoms with Crippen molar-refractivity contribution in [2.45, 2.75) is 10.6 Å². The number of hydrogen-bond donors (Lipinski definition) is 1. The number of carbonyl (C=O) groups excluding carboxylic acids is 1. The highest BCUT2D eigenvalue weighted by Crippen LogP contribution is 2.16. The van der Waals surface area contributed by atoms with Crippen molar-refractivity contribution in [1.82, 2.24) is 9.62 Å². The van der Waals surface area contributed by atoms with Gasteiger partial charge in [0, 0.05) is 25.2 Å². The van der Waals surface area contributed by atoms with Crippen LogP contribution in [0, 0.1) is 0 Å². The van der Waals surface area contributed by atoms with Gasteiger partial charge in [0.05, 0.1) is 29.6 Å². The lowest BCUT2D eigenvalue weighted by Gasteiger charge is -2.26. The van der Waals surface area contributed by atoms with Crippen molar-refractivity contribution in [3.8, 4) is 0 Å². The van der Waals surface area contributed by atoms with Crippen LogP contribution in [0.1, 0.15) is 15.9 Å². The number of rotatable bonds is 8. The molecular weight excluding hydrogens is 428 g/mol. The van der Waals surface area contributed by atoms with E-state index in [1.54, 1.807) is 42.5 Å². The van der Waals surface area contributed by atoms with E-state index in [-0.39, 0.29) is 22.9 Å². The topological polar surface area (TPSA) is 110 Å². The van der Waals surface area contributed by atoms with Crippen molar-refractivity contribution in [2.24, 2.45) is 0 Å². The molecule has 0 saturated carbocycles. The molecule has 10 heteroatoms. The van der Waals surface area contributed by atoms with Gasteiger partial charge in [-0.25, -0.2) is 16.8 Å². The van der Waals surface area contributed by atoms with E-state index in [0.29, 0.717) is 37.4 Å². The van der Waals surface area contributed by atoms with Crippen molar-refractivity contribution < 1.29 is 26.4 Å². The van der Waals surface area contributed by atoms with Crippen molar-refractivity contribution in [1.29, 1.82) is 0 Å². The summed E-state index contributed by atoms with van der Waals surface area (Å²) in [5.74, 6) is -0.771. The number of sulfone groups is 1. The number of carbonyl (C=O) groups is 1. The lowest BCUT2D eigenvalue weighted by molar-refractivity contribution is 0.0730. The molecule has 1 fully saturated rings. The van der Waals surface area contributed by atoms with Gasteiger partial charge in [-0.05, 0) is 29.8 Å². The zero-order valence-corrected chi connectivity index (χ0v) is 18.0. The molecule has 0 atom stereocenters. The molecule has 0 aromatic heterocycles. The Bertz CT molecular complexity index is 1060. The summed E-state index contributed by atoms with van der Waals surface area (Å²) in [5, 5.41) is 2.59. The molecule has 1 heterocycles. The summed E-state index contributed by atoms with van der Waals surface area (Å²) < 4.78 is 55.9. The van der Waals surface area contributed by atoms with Crippen molar-refractivity contribution in [3.05, 3.63) is 65.7 Å². The highest BCUT2D eigenvalue weighted by molar-refractivity contribution is 7.90. The Labute approximate surface area is 176 Å². The fourth-order valence-electron chi connectivity index (χ4n) is 3.03. The first-order chi connectivity index (χ1) is 14.3. The van der Waals surface area contributed by atoms with Crippen LogP contribution in [0.3, 0.4) is 0 Å². The molecule has 2 aromatic rings. The predicted octanol–water partition coefficient (Wildman–Crippen LogP) is 1.05. The van der Waals surface area contributed by atoms with E-state index in [4.69, 9.17) is 4.74 Å². The Hall–Kier alpha value is -2.27. The summed E-state index contributed by atoms with van der Waals surface area (Å²) in [6.07, 6.45) is 0. The lowest BCUT2D eigenvalue weighted by atomic mass is 10.1. The smallest absolute Gasteiger partial charge is 0.251 e. The average Bonchev–Trinajstić information content (AvgIpc) is 2.75. The molecule has 0 bridgehead atoms. The fraction of sp³-hybridized carbons (Fsp3) is 0.350. The third-order valence-electron chi connectivity index (χ3n) is 4.68. The maximum Gasteiger partial charge on any atom is 0.251 e. The Kier molecular flexibility index (Phi) is 7.24. The van der Waals surface area contributed by atoms with Gasteiger partial charge in [-0.15, -0.1) is 0 Å². The number of ether oxygens (including phenoxy) is 1. The molecule has 3 rings (SSSR count). The number of morpholine rings is 1. The Morgan fingerprint density at radius 1 is 0.933 bits per heavy atom. The summed E-state index contributed by atoms with van der Waals surface area (Å²) in [5.41, 5.74) is 0.893. The second-order valence-corrected chi connectivity index (χ2v) is 10.9. The number of benzene rings is 2. The summed E-state index contributed by atoms with van der Waals surface area (Å²) in [4.78, 5) is 12.5. The molecule has 162 valence electrons. The molecule has 1 aliphatic rings. The number of nitrogens with one attached hydrogen (secondary N) is 1. The molecule has 1 aliphatic heterocycles. The molecule has 0 spiro atoms. The molecule has 1 amide bonds. The van der Waals surface area contributed by atoms with Crippen LogP contribution >= 0.6 is 0 Å². The molecule has 0 aliphatic carbocycles. The van der Waals surface area contributed by atoms with E-state index in [1.807, 2.05) is 0 Å². The molecular formula is C20H24N2O6S2. The first-order valence-electron chi connectivity index (χ1n) is 9.48.